The van der Waals surface area contributed by atoms with Crippen molar-refractivity contribution in [3.63, 3.8) is 0 Å². The topological polar surface area (TPSA) is 55.6 Å². The second-order valence-electron chi connectivity index (χ2n) is 5.44. The number of esters is 1. The maximum absolute atomic E-state index is 13.1. The highest BCUT2D eigenvalue weighted by Gasteiger charge is 2.21. The molecule has 2 aromatic rings. The summed E-state index contributed by atoms with van der Waals surface area (Å²) < 4.78 is 23.6. The van der Waals surface area contributed by atoms with Crippen molar-refractivity contribution in [3.05, 3.63) is 29.7 Å². The molecule has 112 valence electrons. The van der Waals surface area contributed by atoms with Crippen LogP contribution in [0, 0.1) is 5.82 Å². The second-order valence-corrected chi connectivity index (χ2v) is 5.44. The van der Waals surface area contributed by atoms with Crippen LogP contribution in [0.1, 0.15) is 18.5 Å². The Morgan fingerprint density at radius 1 is 1.48 bits per heavy atom. The summed E-state index contributed by atoms with van der Waals surface area (Å²) in [5.74, 6) is -0.705. The van der Waals surface area contributed by atoms with Crippen molar-refractivity contribution in [2.75, 3.05) is 20.1 Å². The monoisotopic (exact) mass is 292 g/mol. The normalized spacial score (nSPS) is 17.2. The molecular formula is C15H17FN2O3. The third-order valence-corrected chi connectivity index (χ3v) is 3.78. The molecule has 5 nitrogen and oxygen atoms in total. The number of carbonyl (C=O) groups is 1. The van der Waals surface area contributed by atoms with E-state index in [4.69, 9.17) is 9.26 Å². The van der Waals surface area contributed by atoms with Gasteiger partial charge in [0.2, 0.25) is 0 Å². The molecule has 6 heteroatoms. The van der Waals surface area contributed by atoms with Crippen LogP contribution in [0.3, 0.4) is 0 Å². The van der Waals surface area contributed by atoms with Crippen LogP contribution in [0.4, 0.5) is 4.39 Å². The molecule has 0 radical (unpaired) electrons. The number of benzene rings is 1. The number of nitrogens with zero attached hydrogens (tertiary/aromatic N) is 2. The molecule has 1 saturated heterocycles. The molecule has 21 heavy (non-hydrogen) atoms. The number of ether oxygens (including phenoxy) is 1. The number of fused-ring (bicyclic) bond motifs is 1. The Hall–Kier alpha value is -1.95. The first-order valence-corrected chi connectivity index (χ1v) is 7.03. The first-order valence-electron chi connectivity index (χ1n) is 7.03. The predicted molar refractivity (Wildman–Crippen MR) is 74.3 cm³/mol. The lowest BCUT2D eigenvalue weighted by atomic mass is 10.1. The van der Waals surface area contributed by atoms with Gasteiger partial charge in [-0.2, -0.15) is 0 Å². The number of aromatic nitrogens is 1. The Labute approximate surface area is 121 Å². The standard InChI is InChI=1S/C15H17FN2O3/c1-18-6-4-11(5-7-18)20-15(19)9-13-12-3-2-10(16)8-14(12)21-17-13/h2-3,8,11H,4-7,9H2,1H3. The molecule has 2 heterocycles. The van der Waals surface area contributed by atoms with Crippen molar-refractivity contribution in [2.24, 2.45) is 0 Å². The smallest absolute Gasteiger partial charge is 0.312 e. The lowest BCUT2D eigenvalue weighted by Crippen LogP contribution is -2.35. The second kappa shape index (κ2) is 5.81. The van der Waals surface area contributed by atoms with Crippen molar-refractivity contribution < 1.29 is 18.4 Å². The summed E-state index contributed by atoms with van der Waals surface area (Å²) in [6.07, 6.45) is 1.73. The van der Waals surface area contributed by atoms with Gasteiger partial charge in [-0.3, -0.25) is 4.79 Å². The zero-order chi connectivity index (χ0) is 14.8. The molecule has 0 spiro atoms. The summed E-state index contributed by atoms with van der Waals surface area (Å²) in [5, 5.41) is 4.48. The van der Waals surface area contributed by atoms with Gasteiger partial charge in [0.05, 0.1) is 6.42 Å². The van der Waals surface area contributed by atoms with Crippen molar-refractivity contribution in [1.29, 1.82) is 0 Å². The average molecular weight is 292 g/mol. The number of carbonyl (C=O) groups excluding carboxylic acids is 1. The molecule has 0 N–H and O–H groups in total. The number of halogens is 1. The number of rotatable bonds is 3. The van der Waals surface area contributed by atoms with Gasteiger partial charge in [0.25, 0.3) is 0 Å². The van der Waals surface area contributed by atoms with Gasteiger partial charge in [0, 0.05) is 24.5 Å². The Morgan fingerprint density at radius 2 is 2.24 bits per heavy atom. The van der Waals surface area contributed by atoms with Crippen molar-refractivity contribution >= 4 is 16.9 Å². The van der Waals surface area contributed by atoms with E-state index in [1.54, 1.807) is 6.07 Å². The van der Waals surface area contributed by atoms with Crippen molar-refractivity contribution in [1.82, 2.24) is 10.1 Å². The fourth-order valence-corrected chi connectivity index (χ4v) is 2.56. The third kappa shape index (κ3) is 3.21. The lowest BCUT2D eigenvalue weighted by molar-refractivity contribution is -0.150. The quantitative estimate of drug-likeness (QED) is 0.811. The van der Waals surface area contributed by atoms with Crippen LogP contribution in [-0.2, 0) is 16.0 Å². The van der Waals surface area contributed by atoms with Crippen molar-refractivity contribution in [2.45, 2.75) is 25.4 Å². The molecule has 0 aliphatic carbocycles. The van der Waals surface area contributed by atoms with E-state index in [9.17, 15) is 9.18 Å². The summed E-state index contributed by atoms with van der Waals surface area (Å²) in [6.45, 7) is 1.87. The minimum absolute atomic E-state index is 0.0238. The minimum atomic E-state index is -0.390. The largest absolute Gasteiger partial charge is 0.462 e. The van der Waals surface area contributed by atoms with Gasteiger partial charge in [-0.15, -0.1) is 0 Å². The summed E-state index contributed by atoms with van der Waals surface area (Å²) in [5.41, 5.74) is 0.833. The minimum Gasteiger partial charge on any atom is -0.462 e. The van der Waals surface area contributed by atoms with E-state index in [-0.39, 0.29) is 24.3 Å². The SMILES string of the molecule is CN1CCC(OC(=O)Cc2noc3cc(F)ccc23)CC1. The summed E-state index contributed by atoms with van der Waals surface area (Å²) in [6, 6.07) is 4.15. The molecule has 0 atom stereocenters. The van der Waals surface area contributed by atoms with Gasteiger partial charge in [-0.25, -0.2) is 4.39 Å². The lowest BCUT2D eigenvalue weighted by Gasteiger charge is -2.28. The molecule has 3 rings (SSSR count). The zero-order valence-electron chi connectivity index (χ0n) is 11.8. The number of likely N-dealkylation sites (tertiary alicyclic amines) is 1. The maximum atomic E-state index is 13.1. The van der Waals surface area contributed by atoms with Crippen LogP contribution in [0.5, 0.6) is 0 Å². The molecule has 1 aliphatic heterocycles. The van der Waals surface area contributed by atoms with Crippen molar-refractivity contribution in [3.8, 4) is 0 Å². The Kier molecular flexibility index (Phi) is 3.88. The van der Waals surface area contributed by atoms with Gasteiger partial charge in [0.15, 0.2) is 5.58 Å². The number of hydrogen-bond donors (Lipinski definition) is 0. The van der Waals surface area contributed by atoms with E-state index < -0.39 is 0 Å². The van der Waals surface area contributed by atoms with Gasteiger partial charge < -0.3 is 14.2 Å². The van der Waals surface area contributed by atoms with Crippen LogP contribution < -0.4 is 0 Å². The number of piperidine rings is 1. The van der Waals surface area contributed by atoms with Gasteiger partial charge in [-0.05, 0) is 32.0 Å². The van der Waals surface area contributed by atoms with E-state index in [1.807, 2.05) is 0 Å². The summed E-state index contributed by atoms with van der Waals surface area (Å²) in [7, 11) is 2.05. The summed E-state index contributed by atoms with van der Waals surface area (Å²) >= 11 is 0. The van der Waals surface area contributed by atoms with E-state index in [1.165, 1.54) is 12.1 Å². The predicted octanol–water partition coefficient (Wildman–Crippen LogP) is 2.15. The Bertz CT molecular complexity index is 647. The van der Waals surface area contributed by atoms with E-state index in [0.29, 0.717) is 16.7 Å². The van der Waals surface area contributed by atoms with Gasteiger partial charge in [0.1, 0.15) is 17.6 Å². The molecule has 0 amide bonds. The van der Waals surface area contributed by atoms with Crippen LogP contribution >= 0.6 is 0 Å². The third-order valence-electron chi connectivity index (χ3n) is 3.78. The molecule has 0 unspecified atom stereocenters. The maximum Gasteiger partial charge on any atom is 0.312 e. The van der Waals surface area contributed by atoms with E-state index >= 15 is 0 Å². The Morgan fingerprint density at radius 3 is 3.00 bits per heavy atom. The van der Waals surface area contributed by atoms with Gasteiger partial charge >= 0.3 is 5.97 Å². The Balaban J connectivity index is 1.63. The van der Waals surface area contributed by atoms with Crippen LogP contribution in [0.25, 0.3) is 11.0 Å². The molecule has 1 aliphatic rings. The zero-order valence-corrected chi connectivity index (χ0v) is 11.8. The molecule has 1 fully saturated rings. The van der Waals surface area contributed by atoms with Gasteiger partial charge in [-0.1, -0.05) is 5.16 Å². The van der Waals surface area contributed by atoms with Crippen LogP contribution in [0.2, 0.25) is 0 Å². The average Bonchev–Trinajstić information content (AvgIpc) is 2.83. The molecule has 0 bridgehead atoms. The first kappa shape index (κ1) is 14.0. The summed E-state index contributed by atoms with van der Waals surface area (Å²) in [4.78, 5) is 14.2. The highest BCUT2D eigenvalue weighted by atomic mass is 19.1. The molecule has 0 saturated carbocycles. The van der Waals surface area contributed by atoms with E-state index in [2.05, 4.69) is 17.1 Å². The first-order chi connectivity index (χ1) is 10.1. The highest BCUT2D eigenvalue weighted by Crippen LogP contribution is 2.21. The molecule has 1 aromatic heterocycles. The highest BCUT2D eigenvalue weighted by molar-refractivity contribution is 5.84. The van der Waals surface area contributed by atoms with Crippen LogP contribution in [-0.4, -0.2) is 42.3 Å². The van der Waals surface area contributed by atoms with Crippen LogP contribution in [0.15, 0.2) is 22.7 Å². The number of hydrogen-bond acceptors (Lipinski definition) is 5. The molecule has 1 aromatic carbocycles. The molecular weight excluding hydrogens is 275 g/mol. The fourth-order valence-electron chi connectivity index (χ4n) is 2.56. The van der Waals surface area contributed by atoms with E-state index in [0.717, 1.165) is 25.9 Å². The fraction of sp³-hybridized carbons (Fsp3) is 0.467.